The molecule has 1 aromatic heterocycles. The molecule has 3 aromatic carbocycles. The van der Waals surface area contributed by atoms with E-state index >= 15 is 0 Å². The molecule has 1 atom stereocenters. The van der Waals surface area contributed by atoms with Gasteiger partial charge in [0.25, 0.3) is 11.1 Å². The third-order valence-corrected chi connectivity index (χ3v) is 5.67. The van der Waals surface area contributed by atoms with Crippen LogP contribution in [0.25, 0.3) is 10.8 Å². The first-order valence-electron chi connectivity index (χ1n) is 9.68. The Balaban J connectivity index is 1.26. The van der Waals surface area contributed by atoms with Crippen molar-refractivity contribution in [1.82, 2.24) is 15.5 Å². The van der Waals surface area contributed by atoms with Gasteiger partial charge < -0.3 is 14.5 Å². The SMILES string of the molecule is CC(NC(=O)CSc1nnc(COc2ccc(Cl)cc2)o1)c1ccc2ccccc2c1. The number of halogens is 1. The number of aromatic nitrogens is 2. The zero-order valence-corrected chi connectivity index (χ0v) is 18.3. The van der Waals surface area contributed by atoms with Crippen molar-refractivity contribution in [2.24, 2.45) is 0 Å². The van der Waals surface area contributed by atoms with Crippen LogP contribution in [0.15, 0.2) is 76.4 Å². The number of hydrogen-bond acceptors (Lipinski definition) is 6. The molecule has 0 fully saturated rings. The van der Waals surface area contributed by atoms with Crippen molar-refractivity contribution in [3.63, 3.8) is 0 Å². The van der Waals surface area contributed by atoms with E-state index in [1.165, 1.54) is 17.1 Å². The van der Waals surface area contributed by atoms with Crippen LogP contribution in [-0.4, -0.2) is 21.9 Å². The molecule has 0 saturated heterocycles. The number of benzene rings is 3. The molecule has 0 radical (unpaired) electrons. The Bertz CT molecular complexity index is 1180. The second-order valence-corrected chi connectivity index (χ2v) is 8.25. The van der Waals surface area contributed by atoms with E-state index in [0.717, 1.165) is 10.9 Å². The Hall–Kier alpha value is -3.03. The summed E-state index contributed by atoms with van der Waals surface area (Å²) < 4.78 is 11.1. The maximum Gasteiger partial charge on any atom is 0.277 e. The molecule has 4 aromatic rings. The van der Waals surface area contributed by atoms with Crippen LogP contribution in [0.4, 0.5) is 0 Å². The summed E-state index contributed by atoms with van der Waals surface area (Å²) in [5.41, 5.74) is 1.05. The van der Waals surface area contributed by atoms with E-state index in [1.807, 2.05) is 25.1 Å². The van der Waals surface area contributed by atoms with E-state index in [4.69, 9.17) is 20.8 Å². The van der Waals surface area contributed by atoms with Gasteiger partial charge in [0, 0.05) is 5.02 Å². The quantitative estimate of drug-likeness (QED) is 0.359. The van der Waals surface area contributed by atoms with Crippen LogP contribution < -0.4 is 10.1 Å². The minimum absolute atomic E-state index is 0.108. The van der Waals surface area contributed by atoms with Gasteiger partial charge in [-0.3, -0.25) is 4.79 Å². The summed E-state index contributed by atoms with van der Waals surface area (Å²) in [5.74, 6) is 1.06. The van der Waals surface area contributed by atoms with E-state index in [1.54, 1.807) is 24.3 Å². The molecule has 6 nitrogen and oxygen atoms in total. The van der Waals surface area contributed by atoms with Crippen LogP contribution in [0.3, 0.4) is 0 Å². The highest BCUT2D eigenvalue weighted by atomic mass is 35.5. The van der Waals surface area contributed by atoms with Gasteiger partial charge in [0.2, 0.25) is 5.91 Å². The number of nitrogens with zero attached hydrogens (tertiary/aromatic N) is 2. The highest BCUT2D eigenvalue weighted by Crippen LogP contribution is 2.22. The number of amides is 1. The number of carbonyl (C=O) groups excluding carboxylic acids is 1. The predicted molar refractivity (Wildman–Crippen MR) is 121 cm³/mol. The van der Waals surface area contributed by atoms with Crippen molar-refractivity contribution < 1.29 is 13.9 Å². The Labute approximate surface area is 189 Å². The van der Waals surface area contributed by atoms with Crippen LogP contribution >= 0.6 is 23.4 Å². The van der Waals surface area contributed by atoms with Crippen LogP contribution in [0.2, 0.25) is 5.02 Å². The first-order chi connectivity index (χ1) is 15.1. The lowest BCUT2D eigenvalue weighted by molar-refractivity contribution is -0.119. The minimum atomic E-state index is -0.108. The average molecular weight is 454 g/mol. The molecule has 0 aliphatic carbocycles. The largest absolute Gasteiger partial charge is 0.484 e. The summed E-state index contributed by atoms with van der Waals surface area (Å²) in [6.45, 7) is 2.10. The van der Waals surface area contributed by atoms with E-state index in [-0.39, 0.29) is 24.3 Å². The molecule has 31 heavy (non-hydrogen) atoms. The van der Waals surface area contributed by atoms with E-state index in [0.29, 0.717) is 21.9 Å². The smallest absolute Gasteiger partial charge is 0.277 e. The van der Waals surface area contributed by atoms with Crippen LogP contribution in [0.1, 0.15) is 24.4 Å². The number of hydrogen-bond donors (Lipinski definition) is 1. The number of ether oxygens (including phenoxy) is 1. The zero-order valence-electron chi connectivity index (χ0n) is 16.7. The van der Waals surface area contributed by atoms with Gasteiger partial charge in [0.1, 0.15) is 5.75 Å². The Morgan fingerprint density at radius 2 is 1.87 bits per heavy atom. The van der Waals surface area contributed by atoms with Crippen LogP contribution in [-0.2, 0) is 11.4 Å². The van der Waals surface area contributed by atoms with Gasteiger partial charge in [-0.15, -0.1) is 10.2 Å². The van der Waals surface area contributed by atoms with E-state index < -0.39 is 0 Å². The normalized spacial score (nSPS) is 11.9. The summed E-state index contributed by atoms with van der Waals surface area (Å²) in [6, 6.07) is 21.2. The molecule has 1 heterocycles. The summed E-state index contributed by atoms with van der Waals surface area (Å²) in [5, 5.41) is 14.2. The molecule has 0 spiro atoms. The monoisotopic (exact) mass is 453 g/mol. The Morgan fingerprint density at radius 1 is 1.10 bits per heavy atom. The number of carbonyl (C=O) groups is 1. The van der Waals surface area contributed by atoms with E-state index in [2.05, 4.69) is 39.8 Å². The number of thioether (sulfide) groups is 1. The third-order valence-electron chi connectivity index (χ3n) is 4.60. The fourth-order valence-corrected chi connectivity index (χ4v) is 3.72. The van der Waals surface area contributed by atoms with Gasteiger partial charge in [-0.25, -0.2) is 0 Å². The molecule has 1 unspecified atom stereocenters. The second-order valence-electron chi connectivity index (χ2n) is 6.89. The lowest BCUT2D eigenvalue weighted by atomic mass is 10.0. The highest BCUT2D eigenvalue weighted by Gasteiger charge is 2.13. The lowest BCUT2D eigenvalue weighted by Gasteiger charge is -2.14. The lowest BCUT2D eigenvalue weighted by Crippen LogP contribution is -2.28. The van der Waals surface area contributed by atoms with Crippen molar-refractivity contribution in [1.29, 1.82) is 0 Å². The first-order valence-corrected chi connectivity index (χ1v) is 11.0. The summed E-state index contributed by atoms with van der Waals surface area (Å²) in [7, 11) is 0. The highest BCUT2D eigenvalue weighted by molar-refractivity contribution is 7.99. The predicted octanol–water partition coefficient (Wildman–Crippen LogP) is 5.42. The van der Waals surface area contributed by atoms with Crippen molar-refractivity contribution in [3.8, 4) is 5.75 Å². The Kier molecular flexibility index (Phi) is 6.74. The van der Waals surface area contributed by atoms with E-state index in [9.17, 15) is 4.79 Å². The molecule has 158 valence electrons. The molecular weight excluding hydrogens is 434 g/mol. The number of fused-ring (bicyclic) bond motifs is 1. The molecule has 0 bridgehead atoms. The van der Waals surface area contributed by atoms with Crippen LogP contribution in [0.5, 0.6) is 5.75 Å². The summed E-state index contributed by atoms with van der Waals surface area (Å²) in [4.78, 5) is 12.4. The molecular formula is C23H20ClN3O3S. The van der Waals surface area contributed by atoms with Gasteiger partial charge in [-0.1, -0.05) is 59.8 Å². The maximum atomic E-state index is 12.4. The molecule has 4 rings (SSSR count). The van der Waals surface area contributed by atoms with Crippen molar-refractivity contribution >= 4 is 40.0 Å². The standard InChI is InChI=1S/C23H20ClN3O3S/c1-15(17-7-6-16-4-2-3-5-18(16)12-17)25-21(28)14-31-23-27-26-22(30-23)13-29-20-10-8-19(24)9-11-20/h2-12,15H,13-14H2,1H3,(H,25,28). The Morgan fingerprint density at radius 3 is 2.68 bits per heavy atom. The third kappa shape index (κ3) is 5.77. The molecule has 1 N–H and O–H groups in total. The van der Waals surface area contributed by atoms with Crippen LogP contribution in [0, 0.1) is 0 Å². The molecule has 0 saturated carbocycles. The van der Waals surface area contributed by atoms with Crippen molar-refractivity contribution in [2.75, 3.05) is 5.75 Å². The van der Waals surface area contributed by atoms with Crippen molar-refractivity contribution in [3.05, 3.63) is 83.2 Å². The summed E-state index contributed by atoms with van der Waals surface area (Å²) >= 11 is 7.04. The number of nitrogens with one attached hydrogen (secondary N) is 1. The molecule has 1 amide bonds. The average Bonchev–Trinajstić information content (AvgIpc) is 3.25. The van der Waals surface area contributed by atoms with Gasteiger partial charge in [0.15, 0.2) is 6.61 Å². The first kappa shape index (κ1) is 21.2. The van der Waals surface area contributed by atoms with Gasteiger partial charge in [-0.2, -0.15) is 0 Å². The molecule has 8 heteroatoms. The van der Waals surface area contributed by atoms with Gasteiger partial charge >= 0.3 is 0 Å². The topological polar surface area (TPSA) is 77.2 Å². The van der Waals surface area contributed by atoms with Gasteiger partial charge in [0.05, 0.1) is 11.8 Å². The maximum absolute atomic E-state index is 12.4. The minimum Gasteiger partial charge on any atom is -0.484 e. The molecule has 0 aliphatic rings. The fourth-order valence-electron chi connectivity index (χ4n) is 3.00. The van der Waals surface area contributed by atoms with Crippen molar-refractivity contribution in [2.45, 2.75) is 24.8 Å². The summed E-state index contributed by atoms with van der Waals surface area (Å²) in [6.07, 6.45) is 0. The molecule has 0 aliphatic heterocycles. The second kappa shape index (κ2) is 9.85. The van der Waals surface area contributed by atoms with Gasteiger partial charge in [-0.05, 0) is 53.6 Å². The fraction of sp³-hybridized carbons (Fsp3) is 0.174. The number of rotatable bonds is 8. The zero-order chi connectivity index (χ0) is 21.6.